The van der Waals surface area contributed by atoms with Gasteiger partial charge in [0.05, 0.1) is 21.3 Å². The molecular weight excluding hydrogens is 248 g/mol. The first-order valence-corrected chi connectivity index (χ1v) is 7.07. The van der Waals surface area contributed by atoms with Gasteiger partial charge in [-0.1, -0.05) is 17.7 Å². The average Bonchev–Trinajstić information content (AvgIpc) is 2.99. The quantitative estimate of drug-likeness (QED) is 0.908. The normalized spacial score (nSPS) is 18.4. The molecule has 1 aromatic rings. The third-order valence-electron chi connectivity index (χ3n) is 2.71. The lowest BCUT2D eigenvalue weighted by Crippen LogP contribution is -2.08. The molecule has 0 bridgehead atoms. The molecule has 16 heavy (non-hydrogen) atoms. The van der Waals surface area contributed by atoms with Crippen LogP contribution < -0.4 is 0 Å². The highest BCUT2D eigenvalue weighted by atomic mass is 35.5. The molecule has 1 atom stereocenters. The van der Waals surface area contributed by atoms with Gasteiger partial charge in [0.15, 0.2) is 9.84 Å². The minimum Gasteiger partial charge on any atom is -0.389 e. The van der Waals surface area contributed by atoms with E-state index in [4.69, 9.17) is 11.6 Å². The molecular formula is C11H13ClO3S. The number of halogens is 1. The molecule has 0 aliphatic heterocycles. The highest BCUT2D eigenvalue weighted by molar-refractivity contribution is 7.92. The zero-order valence-corrected chi connectivity index (χ0v) is 10.4. The Morgan fingerprint density at radius 3 is 2.50 bits per heavy atom. The zero-order valence-electron chi connectivity index (χ0n) is 8.85. The summed E-state index contributed by atoms with van der Waals surface area (Å²) >= 11 is 5.94. The van der Waals surface area contributed by atoms with Gasteiger partial charge in [-0.15, -0.1) is 0 Å². The molecule has 1 aliphatic carbocycles. The second kappa shape index (κ2) is 4.02. The molecule has 1 unspecified atom stereocenters. The minimum absolute atomic E-state index is 0.182. The van der Waals surface area contributed by atoms with Gasteiger partial charge in [-0.05, 0) is 37.5 Å². The van der Waals surface area contributed by atoms with Gasteiger partial charge in [-0.25, -0.2) is 8.42 Å². The summed E-state index contributed by atoms with van der Waals surface area (Å²) in [5.74, 6) is 0. The average molecular weight is 261 g/mol. The van der Waals surface area contributed by atoms with Crippen molar-refractivity contribution in [3.05, 3.63) is 28.8 Å². The van der Waals surface area contributed by atoms with Crippen LogP contribution in [0.1, 0.15) is 31.4 Å². The van der Waals surface area contributed by atoms with Crippen LogP contribution in [0.3, 0.4) is 0 Å². The van der Waals surface area contributed by atoms with Crippen LogP contribution in [-0.2, 0) is 9.84 Å². The van der Waals surface area contributed by atoms with Gasteiger partial charge in [-0.3, -0.25) is 0 Å². The van der Waals surface area contributed by atoms with E-state index in [1.807, 2.05) is 0 Å². The summed E-state index contributed by atoms with van der Waals surface area (Å²) in [7, 11) is -3.25. The van der Waals surface area contributed by atoms with E-state index in [-0.39, 0.29) is 15.2 Å². The van der Waals surface area contributed by atoms with E-state index < -0.39 is 15.9 Å². The molecule has 1 aromatic carbocycles. The Balaban J connectivity index is 2.43. The number of sulfone groups is 1. The van der Waals surface area contributed by atoms with Gasteiger partial charge in [0.2, 0.25) is 0 Å². The van der Waals surface area contributed by atoms with Crippen LogP contribution in [0.25, 0.3) is 0 Å². The van der Waals surface area contributed by atoms with Gasteiger partial charge in [0.1, 0.15) is 0 Å². The summed E-state index contributed by atoms with van der Waals surface area (Å²) in [4.78, 5) is 0.182. The Labute approximate surface area is 100.0 Å². The lowest BCUT2D eigenvalue weighted by molar-refractivity contribution is 0.199. The van der Waals surface area contributed by atoms with Crippen molar-refractivity contribution < 1.29 is 13.5 Å². The first-order valence-electron chi connectivity index (χ1n) is 5.14. The molecule has 0 spiro atoms. The third-order valence-corrected chi connectivity index (χ3v) is 5.45. The van der Waals surface area contributed by atoms with Crippen molar-refractivity contribution in [3.63, 3.8) is 0 Å². The van der Waals surface area contributed by atoms with Gasteiger partial charge >= 0.3 is 0 Å². The molecule has 5 heteroatoms. The molecule has 0 amide bonds. The van der Waals surface area contributed by atoms with E-state index in [9.17, 15) is 13.5 Å². The molecule has 0 saturated heterocycles. The summed E-state index contributed by atoms with van der Waals surface area (Å²) < 4.78 is 23.9. The van der Waals surface area contributed by atoms with Crippen LogP contribution in [0.15, 0.2) is 23.1 Å². The van der Waals surface area contributed by atoms with Gasteiger partial charge in [0.25, 0.3) is 0 Å². The molecule has 0 radical (unpaired) electrons. The first kappa shape index (κ1) is 11.9. The molecule has 0 aromatic heterocycles. The van der Waals surface area contributed by atoms with Crippen molar-refractivity contribution in [1.82, 2.24) is 0 Å². The van der Waals surface area contributed by atoms with E-state index in [1.165, 1.54) is 12.1 Å². The zero-order chi connectivity index (χ0) is 11.9. The maximum atomic E-state index is 11.9. The fourth-order valence-corrected chi connectivity index (χ4v) is 3.78. The lowest BCUT2D eigenvalue weighted by atomic mass is 10.1. The predicted molar refractivity (Wildman–Crippen MR) is 62.3 cm³/mol. The van der Waals surface area contributed by atoms with Gasteiger partial charge in [0, 0.05) is 0 Å². The number of benzene rings is 1. The summed E-state index contributed by atoms with van der Waals surface area (Å²) in [6.45, 7) is 1.61. The molecule has 88 valence electrons. The lowest BCUT2D eigenvalue weighted by Gasteiger charge is -2.09. The minimum atomic E-state index is -3.25. The van der Waals surface area contributed by atoms with Crippen molar-refractivity contribution in [3.8, 4) is 0 Å². The van der Waals surface area contributed by atoms with Crippen molar-refractivity contribution in [2.75, 3.05) is 0 Å². The Kier molecular flexibility index (Phi) is 2.99. The number of rotatable bonds is 3. The standard InChI is InChI=1S/C11H13ClO3S/c1-7(13)8-2-5-11(10(12)6-8)16(14,15)9-3-4-9/h2,5-7,9,13H,3-4H2,1H3. The Morgan fingerprint density at radius 2 is 2.06 bits per heavy atom. The maximum absolute atomic E-state index is 11.9. The number of aliphatic hydroxyl groups is 1. The van der Waals surface area contributed by atoms with E-state index >= 15 is 0 Å². The van der Waals surface area contributed by atoms with Gasteiger partial charge in [-0.2, -0.15) is 0 Å². The van der Waals surface area contributed by atoms with E-state index in [0.717, 1.165) is 12.8 Å². The second-order valence-corrected chi connectivity index (χ2v) is 6.71. The number of hydrogen-bond donors (Lipinski definition) is 1. The summed E-state index contributed by atoms with van der Waals surface area (Å²) in [6.07, 6.45) is 0.795. The maximum Gasteiger partial charge on any atom is 0.182 e. The monoisotopic (exact) mass is 260 g/mol. The second-order valence-electron chi connectivity index (χ2n) is 4.11. The number of aliphatic hydroxyl groups excluding tert-OH is 1. The SMILES string of the molecule is CC(O)c1ccc(S(=O)(=O)C2CC2)c(Cl)c1. The van der Waals surface area contributed by atoms with Gasteiger partial charge < -0.3 is 5.11 Å². The first-order chi connectivity index (χ1) is 7.43. The highest BCUT2D eigenvalue weighted by Crippen LogP contribution is 2.37. The molecule has 1 fully saturated rings. The molecule has 1 saturated carbocycles. The number of hydrogen-bond acceptors (Lipinski definition) is 3. The molecule has 0 heterocycles. The van der Waals surface area contributed by atoms with E-state index in [0.29, 0.717) is 5.56 Å². The topological polar surface area (TPSA) is 54.4 Å². The molecule has 1 aliphatic rings. The Hall–Kier alpha value is -0.580. The van der Waals surface area contributed by atoms with Crippen molar-refractivity contribution >= 4 is 21.4 Å². The Bertz CT molecular complexity index is 504. The predicted octanol–water partition coefficient (Wildman–Crippen LogP) is 2.33. The van der Waals surface area contributed by atoms with E-state index in [1.54, 1.807) is 13.0 Å². The summed E-state index contributed by atoms with van der Waals surface area (Å²) in [5, 5.41) is 9.29. The van der Waals surface area contributed by atoms with Crippen LogP contribution in [0.5, 0.6) is 0 Å². The van der Waals surface area contributed by atoms with E-state index in [2.05, 4.69) is 0 Å². The van der Waals surface area contributed by atoms with Crippen LogP contribution >= 0.6 is 11.6 Å². The summed E-state index contributed by atoms with van der Waals surface area (Å²) in [6, 6.07) is 4.60. The van der Waals surface area contributed by atoms with Crippen molar-refractivity contribution in [1.29, 1.82) is 0 Å². The molecule has 3 nitrogen and oxygen atoms in total. The van der Waals surface area contributed by atoms with Crippen LogP contribution in [0, 0.1) is 0 Å². The fraction of sp³-hybridized carbons (Fsp3) is 0.455. The third kappa shape index (κ3) is 2.10. The van der Waals surface area contributed by atoms with Crippen LogP contribution in [-0.4, -0.2) is 18.8 Å². The highest BCUT2D eigenvalue weighted by Gasteiger charge is 2.38. The largest absolute Gasteiger partial charge is 0.389 e. The fourth-order valence-electron chi connectivity index (χ4n) is 1.57. The molecule has 2 rings (SSSR count). The van der Waals surface area contributed by atoms with Crippen molar-refractivity contribution in [2.45, 2.75) is 36.0 Å². The summed E-state index contributed by atoms with van der Waals surface area (Å²) in [5.41, 5.74) is 0.625. The van der Waals surface area contributed by atoms with Crippen molar-refractivity contribution in [2.24, 2.45) is 0 Å². The van der Waals surface area contributed by atoms with Crippen LogP contribution in [0.2, 0.25) is 5.02 Å². The Morgan fingerprint density at radius 1 is 1.44 bits per heavy atom. The van der Waals surface area contributed by atoms with Crippen LogP contribution in [0.4, 0.5) is 0 Å². The smallest absolute Gasteiger partial charge is 0.182 e. The molecule has 1 N–H and O–H groups in total.